The van der Waals surface area contributed by atoms with Crippen LogP contribution in [0, 0.1) is 17.3 Å². The molecule has 2 aliphatic carbocycles. The Balaban J connectivity index is 1.46. The zero-order chi connectivity index (χ0) is 12.4. The van der Waals surface area contributed by atoms with Crippen LogP contribution in [0.4, 0.5) is 0 Å². The highest BCUT2D eigenvalue weighted by Crippen LogP contribution is 2.55. The monoisotopic (exact) mass is 247 g/mol. The second kappa shape index (κ2) is 3.74. The number of ether oxygens (including phenoxy) is 1. The summed E-state index contributed by atoms with van der Waals surface area (Å²) in [6, 6.07) is 0. The van der Waals surface area contributed by atoms with Crippen molar-refractivity contribution >= 4 is 7.85 Å². The highest BCUT2D eigenvalue weighted by Gasteiger charge is 2.55. The van der Waals surface area contributed by atoms with Crippen LogP contribution in [0.5, 0.6) is 0 Å². The molecule has 4 rings (SSSR count). The molecule has 0 amide bonds. The Morgan fingerprint density at radius 1 is 1.22 bits per heavy atom. The predicted molar refractivity (Wildman–Crippen MR) is 69.1 cm³/mol. The van der Waals surface area contributed by atoms with Crippen LogP contribution in [0.2, 0.25) is 0 Å². The van der Waals surface area contributed by atoms with Crippen LogP contribution in [0.3, 0.4) is 0 Å². The van der Waals surface area contributed by atoms with Crippen molar-refractivity contribution in [3.63, 3.8) is 0 Å². The number of fused-ring (bicyclic) bond motifs is 1. The van der Waals surface area contributed by atoms with Crippen molar-refractivity contribution < 1.29 is 9.84 Å². The lowest BCUT2D eigenvalue weighted by molar-refractivity contribution is -0.119. The van der Waals surface area contributed by atoms with E-state index in [0.29, 0.717) is 5.41 Å². The van der Waals surface area contributed by atoms with Gasteiger partial charge in [-0.05, 0) is 49.4 Å². The first-order chi connectivity index (χ1) is 8.59. The lowest BCUT2D eigenvalue weighted by Crippen LogP contribution is -2.56. The third-order valence-corrected chi connectivity index (χ3v) is 5.87. The van der Waals surface area contributed by atoms with Crippen LogP contribution in [-0.2, 0) is 4.74 Å². The number of nitrogens with zero attached hydrogens (tertiary/aromatic N) is 1. The van der Waals surface area contributed by atoms with Crippen molar-refractivity contribution in [2.45, 2.75) is 50.3 Å². The number of hydrogen-bond acceptors (Lipinski definition) is 3. The number of hydrogen-bond donors (Lipinski definition) is 1. The molecule has 1 N–H and O–H groups in total. The fraction of sp³-hybridized carbons (Fsp3) is 1.00. The molecule has 3 nitrogen and oxygen atoms in total. The summed E-state index contributed by atoms with van der Waals surface area (Å²) in [6.45, 7) is 2.73. The van der Waals surface area contributed by atoms with Gasteiger partial charge in [0.15, 0.2) is 0 Å². The molecule has 98 valence electrons. The molecule has 0 aromatic heterocycles. The van der Waals surface area contributed by atoms with Gasteiger partial charge in [0, 0.05) is 13.1 Å². The Morgan fingerprint density at radius 2 is 1.89 bits per heavy atom. The van der Waals surface area contributed by atoms with Crippen molar-refractivity contribution in [1.29, 1.82) is 0 Å². The molecule has 0 aromatic carbocycles. The molecule has 1 spiro atoms. The topological polar surface area (TPSA) is 32.7 Å². The molecule has 2 saturated heterocycles. The fourth-order valence-corrected chi connectivity index (χ4v) is 4.32. The van der Waals surface area contributed by atoms with E-state index in [1.54, 1.807) is 0 Å². The van der Waals surface area contributed by atoms with E-state index in [-0.39, 0.29) is 6.10 Å². The zero-order valence-electron chi connectivity index (χ0n) is 11.0. The lowest BCUT2D eigenvalue weighted by Gasteiger charge is -2.39. The van der Waals surface area contributed by atoms with E-state index in [1.807, 2.05) is 0 Å². The maximum Gasteiger partial charge on any atom is 0.139 e. The second-order valence-corrected chi connectivity index (χ2v) is 7.14. The van der Waals surface area contributed by atoms with Crippen molar-refractivity contribution in [3.8, 4) is 0 Å². The molecule has 2 heterocycles. The minimum absolute atomic E-state index is 0.182. The van der Waals surface area contributed by atoms with Crippen molar-refractivity contribution in [3.05, 3.63) is 0 Å². The highest BCUT2D eigenvalue weighted by molar-refractivity contribution is 6.14. The molecule has 2 radical (unpaired) electrons. The van der Waals surface area contributed by atoms with Crippen molar-refractivity contribution in [2.75, 3.05) is 19.7 Å². The maximum atomic E-state index is 10.7. The SMILES string of the molecule is [B]C(O)(C1CC2(CC2)CO1)N1CC2CCCC2C1. The lowest BCUT2D eigenvalue weighted by atomic mass is 9.80. The first-order valence-corrected chi connectivity index (χ1v) is 7.47. The van der Waals surface area contributed by atoms with Gasteiger partial charge in [-0.15, -0.1) is 0 Å². The summed E-state index contributed by atoms with van der Waals surface area (Å²) >= 11 is 0. The molecule has 2 aliphatic heterocycles. The smallest absolute Gasteiger partial charge is 0.139 e. The van der Waals surface area contributed by atoms with Gasteiger partial charge in [0.05, 0.1) is 18.3 Å². The summed E-state index contributed by atoms with van der Waals surface area (Å²) in [4.78, 5) is 2.09. The average Bonchev–Trinajstić information content (AvgIpc) is 2.68. The minimum Gasteiger partial charge on any atom is -0.382 e. The van der Waals surface area contributed by atoms with Crippen LogP contribution in [0.1, 0.15) is 38.5 Å². The molecule has 18 heavy (non-hydrogen) atoms. The van der Waals surface area contributed by atoms with Gasteiger partial charge in [0.25, 0.3) is 0 Å². The Labute approximate surface area is 110 Å². The molecular formula is C14H22BNO2. The normalized spacial score (nSPS) is 45.3. The Bertz CT molecular complexity index is 344. The summed E-state index contributed by atoms with van der Waals surface area (Å²) in [6.07, 6.45) is 7.26. The Morgan fingerprint density at radius 3 is 2.44 bits per heavy atom. The maximum absolute atomic E-state index is 10.7. The van der Waals surface area contributed by atoms with E-state index in [1.165, 1.54) is 32.1 Å². The summed E-state index contributed by atoms with van der Waals surface area (Å²) in [5.41, 5.74) is -0.857. The van der Waals surface area contributed by atoms with Crippen LogP contribution < -0.4 is 0 Å². The average molecular weight is 247 g/mol. The third-order valence-electron chi connectivity index (χ3n) is 5.87. The van der Waals surface area contributed by atoms with Gasteiger partial charge in [-0.1, -0.05) is 6.42 Å². The van der Waals surface area contributed by atoms with Gasteiger partial charge in [-0.3, -0.25) is 4.90 Å². The van der Waals surface area contributed by atoms with Gasteiger partial charge < -0.3 is 9.84 Å². The van der Waals surface area contributed by atoms with Gasteiger partial charge in [0.2, 0.25) is 0 Å². The molecule has 4 atom stereocenters. The molecular weight excluding hydrogens is 225 g/mol. The molecule has 4 aliphatic rings. The minimum atomic E-state index is -1.24. The van der Waals surface area contributed by atoms with Gasteiger partial charge in [0.1, 0.15) is 7.85 Å². The number of aliphatic hydroxyl groups is 1. The quantitative estimate of drug-likeness (QED) is 0.742. The summed E-state index contributed by atoms with van der Waals surface area (Å²) in [5, 5.41) is 10.7. The van der Waals surface area contributed by atoms with E-state index in [4.69, 9.17) is 12.6 Å². The highest BCUT2D eigenvalue weighted by atomic mass is 16.5. The van der Waals surface area contributed by atoms with Crippen molar-refractivity contribution in [2.24, 2.45) is 17.3 Å². The van der Waals surface area contributed by atoms with Crippen LogP contribution in [0.15, 0.2) is 0 Å². The molecule has 4 fully saturated rings. The predicted octanol–water partition coefficient (Wildman–Crippen LogP) is 1.10. The second-order valence-electron chi connectivity index (χ2n) is 7.14. The third kappa shape index (κ3) is 1.69. The van der Waals surface area contributed by atoms with E-state index in [9.17, 15) is 5.11 Å². The van der Waals surface area contributed by atoms with E-state index in [2.05, 4.69) is 4.90 Å². The first-order valence-electron chi connectivity index (χ1n) is 7.47. The van der Waals surface area contributed by atoms with Gasteiger partial charge in [-0.25, -0.2) is 0 Å². The van der Waals surface area contributed by atoms with Gasteiger partial charge in [-0.2, -0.15) is 0 Å². The van der Waals surface area contributed by atoms with Crippen LogP contribution in [-0.4, -0.2) is 49.3 Å². The summed E-state index contributed by atoms with van der Waals surface area (Å²) in [7, 11) is 6.24. The van der Waals surface area contributed by atoms with Crippen molar-refractivity contribution in [1.82, 2.24) is 4.90 Å². The zero-order valence-corrected chi connectivity index (χ0v) is 11.0. The molecule has 2 saturated carbocycles. The van der Waals surface area contributed by atoms with Crippen LogP contribution in [0.25, 0.3) is 0 Å². The molecule has 0 bridgehead atoms. The van der Waals surface area contributed by atoms with Crippen LogP contribution >= 0.6 is 0 Å². The van der Waals surface area contributed by atoms with E-state index in [0.717, 1.165) is 38.0 Å². The summed E-state index contributed by atoms with van der Waals surface area (Å²) in [5.74, 6) is 1.52. The molecule has 0 aromatic rings. The number of likely N-dealkylation sites (tertiary alicyclic amines) is 1. The standard InChI is InChI=1S/C14H22BNO2/c15-14(17,12-6-13(4-5-13)9-18-12)16-7-10-2-1-3-11(10)8-16/h10-12,17H,1-9H2. The van der Waals surface area contributed by atoms with E-state index >= 15 is 0 Å². The van der Waals surface area contributed by atoms with E-state index < -0.39 is 5.62 Å². The molecule has 4 unspecified atom stereocenters. The van der Waals surface area contributed by atoms with Gasteiger partial charge >= 0.3 is 0 Å². The largest absolute Gasteiger partial charge is 0.382 e. The first kappa shape index (κ1) is 11.7. The Kier molecular flexibility index (Phi) is 2.44. The fourth-order valence-electron chi connectivity index (χ4n) is 4.32. The summed E-state index contributed by atoms with van der Waals surface area (Å²) < 4.78 is 5.81. The molecule has 4 heteroatoms. The Hall–Kier alpha value is -0.0551. The number of rotatable bonds is 2.